The summed E-state index contributed by atoms with van der Waals surface area (Å²) < 4.78 is 2.17. The zero-order valence-electron chi connectivity index (χ0n) is 13.6. The Kier molecular flexibility index (Phi) is 4.99. The summed E-state index contributed by atoms with van der Waals surface area (Å²) in [5.41, 5.74) is 2.87. The summed E-state index contributed by atoms with van der Waals surface area (Å²) in [5, 5.41) is 4.59. The lowest BCUT2D eigenvalue weighted by Crippen LogP contribution is -2.37. The Balaban J connectivity index is 2.13. The van der Waals surface area contributed by atoms with Crippen LogP contribution in [0.3, 0.4) is 0 Å². The lowest BCUT2D eigenvalue weighted by atomic mass is 9.67. The monoisotopic (exact) mass is 340 g/mol. The fourth-order valence-electron chi connectivity index (χ4n) is 3.80. The molecule has 3 unspecified atom stereocenters. The van der Waals surface area contributed by atoms with Gasteiger partial charge in [-0.05, 0) is 56.4 Å². The fourth-order valence-corrected chi connectivity index (χ4v) is 5.42. The molecule has 1 aliphatic carbocycles. The van der Waals surface area contributed by atoms with Crippen LogP contribution >= 0.6 is 15.9 Å². The topological polar surface area (TPSA) is 17.8 Å². The van der Waals surface area contributed by atoms with Gasteiger partial charge in [0.25, 0.3) is 0 Å². The number of aryl methyl sites for hydroxylation is 2. The summed E-state index contributed by atoms with van der Waals surface area (Å²) in [4.78, 5) is 0.667. The molecule has 3 heteroatoms. The van der Waals surface area contributed by atoms with Gasteiger partial charge in [0.2, 0.25) is 0 Å². The Bertz CT molecular complexity index is 450. The number of hydrogen-bond acceptors (Lipinski definition) is 1. The maximum Gasteiger partial charge on any atom is 0.0596 e. The van der Waals surface area contributed by atoms with E-state index in [2.05, 4.69) is 66.4 Å². The highest BCUT2D eigenvalue weighted by molar-refractivity contribution is 9.09. The van der Waals surface area contributed by atoms with Crippen molar-refractivity contribution in [2.45, 2.75) is 71.7 Å². The summed E-state index contributed by atoms with van der Waals surface area (Å²) in [6.45, 7) is 12.5. The van der Waals surface area contributed by atoms with Crippen LogP contribution in [0, 0.1) is 24.2 Å². The van der Waals surface area contributed by atoms with Crippen LogP contribution in [-0.4, -0.2) is 14.6 Å². The summed E-state index contributed by atoms with van der Waals surface area (Å²) in [5.74, 6) is 1.63. The van der Waals surface area contributed by atoms with E-state index in [-0.39, 0.29) is 0 Å². The molecule has 1 aromatic heterocycles. The van der Waals surface area contributed by atoms with Crippen LogP contribution < -0.4 is 0 Å². The van der Waals surface area contributed by atoms with Gasteiger partial charge >= 0.3 is 0 Å². The minimum atomic E-state index is 0.327. The van der Waals surface area contributed by atoms with E-state index < -0.39 is 0 Å². The molecule has 20 heavy (non-hydrogen) atoms. The van der Waals surface area contributed by atoms with Gasteiger partial charge in [-0.1, -0.05) is 43.1 Å². The van der Waals surface area contributed by atoms with E-state index in [0.717, 1.165) is 30.5 Å². The quantitative estimate of drug-likeness (QED) is 0.706. The average Bonchev–Trinajstić information content (AvgIpc) is 2.67. The Hall–Kier alpha value is -0.310. The molecule has 1 heterocycles. The summed E-state index contributed by atoms with van der Waals surface area (Å²) in [7, 11) is 0. The van der Waals surface area contributed by atoms with Gasteiger partial charge in [0, 0.05) is 17.1 Å². The van der Waals surface area contributed by atoms with E-state index in [1.54, 1.807) is 0 Å². The van der Waals surface area contributed by atoms with Crippen molar-refractivity contribution >= 4 is 15.9 Å². The molecule has 1 saturated carbocycles. The summed E-state index contributed by atoms with van der Waals surface area (Å²) in [6.07, 6.45) is 5.18. The second-order valence-corrected chi connectivity index (χ2v) is 8.48. The first-order chi connectivity index (χ1) is 9.33. The molecule has 1 fully saturated rings. The second-order valence-electron chi connectivity index (χ2n) is 7.30. The SMILES string of the molecule is CCn1nc(C)cc1CC(C)(C)C1CCC(C)CC1Br. The largest absolute Gasteiger partial charge is 0.270 e. The number of halogens is 1. The predicted molar refractivity (Wildman–Crippen MR) is 89.3 cm³/mol. The summed E-state index contributed by atoms with van der Waals surface area (Å²) >= 11 is 3.96. The van der Waals surface area contributed by atoms with Crippen LogP contribution in [0.5, 0.6) is 0 Å². The second kappa shape index (κ2) is 6.21. The molecule has 0 saturated heterocycles. The van der Waals surface area contributed by atoms with Crippen LogP contribution in [0.25, 0.3) is 0 Å². The molecular weight excluding hydrogens is 312 g/mol. The number of hydrogen-bond donors (Lipinski definition) is 0. The van der Waals surface area contributed by atoms with E-state index in [0.29, 0.717) is 10.2 Å². The Morgan fingerprint density at radius 2 is 2.10 bits per heavy atom. The molecule has 0 aromatic carbocycles. The zero-order chi connectivity index (χ0) is 14.9. The average molecular weight is 341 g/mol. The third kappa shape index (κ3) is 3.47. The van der Waals surface area contributed by atoms with Crippen molar-refractivity contribution in [2.75, 3.05) is 0 Å². The van der Waals surface area contributed by atoms with Gasteiger partial charge in [-0.25, -0.2) is 0 Å². The normalized spacial score (nSPS) is 27.8. The Labute approximate surface area is 132 Å². The Morgan fingerprint density at radius 1 is 1.40 bits per heavy atom. The first-order valence-corrected chi connectivity index (χ1v) is 8.92. The maximum absolute atomic E-state index is 4.59. The fraction of sp³-hybridized carbons (Fsp3) is 0.824. The number of aromatic nitrogens is 2. The molecule has 2 nitrogen and oxygen atoms in total. The lowest BCUT2D eigenvalue weighted by molar-refractivity contribution is 0.144. The smallest absolute Gasteiger partial charge is 0.0596 e. The van der Waals surface area contributed by atoms with Crippen molar-refractivity contribution < 1.29 is 0 Å². The first kappa shape index (κ1) is 16.1. The maximum atomic E-state index is 4.59. The number of rotatable bonds is 4. The predicted octanol–water partition coefficient (Wildman–Crippen LogP) is 4.98. The van der Waals surface area contributed by atoms with Gasteiger partial charge in [-0.3, -0.25) is 4.68 Å². The van der Waals surface area contributed by atoms with Gasteiger partial charge < -0.3 is 0 Å². The first-order valence-electron chi connectivity index (χ1n) is 8.01. The minimum Gasteiger partial charge on any atom is -0.270 e. The van der Waals surface area contributed by atoms with E-state index >= 15 is 0 Å². The zero-order valence-corrected chi connectivity index (χ0v) is 15.2. The highest BCUT2D eigenvalue weighted by Crippen LogP contribution is 2.45. The van der Waals surface area contributed by atoms with Crippen LogP contribution in [0.15, 0.2) is 6.07 Å². The van der Waals surface area contributed by atoms with E-state index in [1.165, 1.54) is 25.0 Å². The van der Waals surface area contributed by atoms with Crippen molar-refractivity contribution in [1.82, 2.24) is 9.78 Å². The van der Waals surface area contributed by atoms with Gasteiger partial charge in [0.05, 0.1) is 5.69 Å². The molecule has 0 spiro atoms. The molecule has 0 radical (unpaired) electrons. The van der Waals surface area contributed by atoms with Crippen LogP contribution in [0.2, 0.25) is 0 Å². The standard InChI is InChI=1S/C17H29BrN2/c1-6-20-14(10-13(3)19-20)11-17(4,5)15-8-7-12(2)9-16(15)18/h10,12,15-16H,6-9,11H2,1-5H3. The van der Waals surface area contributed by atoms with Crippen LogP contribution in [-0.2, 0) is 13.0 Å². The molecule has 0 aliphatic heterocycles. The number of nitrogens with zero attached hydrogens (tertiary/aromatic N) is 2. The molecule has 1 aromatic rings. The number of alkyl halides is 1. The van der Waals surface area contributed by atoms with Crippen LogP contribution in [0.4, 0.5) is 0 Å². The highest BCUT2D eigenvalue weighted by atomic mass is 79.9. The molecular formula is C17H29BrN2. The molecule has 0 N–H and O–H groups in total. The molecule has 3 atom stereocenters. The minimum absolute atomic E-state index is 0.327. The van der Waals surface area contributed by atoms with Crippen molar-refractivity contribution in [1.29, 1.82) is 0 Å². The summed E-state index contributed by atoms with van der Waals surface area (Å²) in [6, 6.07) is 2.26. The van der Waals surface area contributed by atoms with E-state index in [9.17, 15) is 0 Å². The van der Waals surface area contributed by atoms with Crippen molar-refractivity contribution in [2.24, 2.45) is 17.3 Å². The van der Waals surface area contributed by atoms with Crippen molar-refractivity contribution in [3.8, 4) is 0 Å². The molecule has 2 rings (SSSR count). The van der Waals surface area contributed by atoms with Gasteiger partial charge in [0.15, 0.2) is 0 Å². The van der Waals surface area contributed by atoms with Crippen molar-refractivity contribution in [3.05, 3.63) is 17.5 Å². The molecule has 0 bridgehead atoms. The van der Waals surface area contributed by atoms with Gasteiger partial charge in [-0.15, -0.1) is 0 Å². The molecule has 114 valence electrons. The molecule has 1 aliphatic rings. The molecule has 0 amide bonds. The Morgan fingerprint density at radius 3 is 2.70 bits per heavy atom. The van der Waals surface area contributed by atoms with Crippen molar-refractivity contribution in [3.63, 3.8) is 0 Å². The third-order valence-corrected chi connectivity index (χ3v) is 5.97. The third-order valence-electron chi connectivity index (χ3n) is 4.96. The van der Waals surface area contributed by atoms with Crippen LogP contribution in [0.1, 0.15) is 58.3 Å². The van der Waals surface area contributed by atoms with E-state index in [4.69, 9.17) is 0 Å². The van der Waals surface area contributed by atoms with Gasteiger partial charge in [-0.2, -0.15) is 5.10 Å². The van der Waals surface area contributed by atoms with Gasteiger partial charge in [0.1, 0.15) is 0 Å². The lowest BCUT2D eigenvalue weighted by Gasteiger charge is -2.42. The highest BCUT2D eigenvalue weighted by Gasteiger charge is 2.38. The van der Waals surface area contributed by atoms with E-state index in [1.807, 2.05) is 0 Å².